The Bertz CT molecular complexity index is 699. The van der Waals surface area contributed by atoms with Crippen molar-refractivity contribution in [3.05, 3.63) is 59.7 Å². The van der Waals surface area contributed by atoms with Crippen molar-refractivity contribution in [2.45, 2.75) is 20.0 Å². The van der Waals surface area contributed by atoms with Gasteiger partial charge in [-0.15, -0.1) is 0 Å². The monoisotopic (exact) mass is 337 g/mol. The molecule has 0 saturated carbocycles. The van der Waals surface area contributed by atoms with Crippen LogP contribution in [-0.4, -0.2) is 25.2 Å². The summed E-state index contributed by atoms with van der Waals surface area (Å²) in [7, 11) is 0. The lowest BCUT2D eigenvalue weighted by atomic mass is 10.1. The number of para-hydroxylation sites is 1. The number of benzene rings is 2. The maximum atomic E-state index is 12.9. The molecular formula is C18H18F3NO2. The van der Waals surface area contributed by atoms with Gasteiger partial charge in [0.2, 0.25) is 0 Å². The molecule has 2 aromatic rings. The predicted octanol–water partition coefficient (Wildman–Crippen LogP) is 4.60. The van der Waals surface area contributed by atoms with E-state index in [4.69, 9.17) is 4.74 Å². The largest absolute Gasteiger partial charge is 0.494 e. The summed E-state index contributed by atoms with van der Waals surface area (Å²) in [6.45, 7) is 2.71. The first-order valence-electron chi connectivity index (χ1n) is 7.49. The molecule has 0 unspecified atom stereocenters. The van der Waals surface area contributed by atoms with Crippen molar-refractivity contribution in [2.24, 2.45) is 0 Å². The summed E-state index contributed by atoms with van der Waals surface area (Å²) in [5.41, 5.74) is 1.08. The third kappa shape index (κ3) is 4.50. The molecule has 0 aromatic heterocycles. The van der Waals surface area contributed by atoms with Gasteiger partial charge in [-0.1, -0.05) is 18.2 Å². The molecule has 0 aliphatic rings. The van der Waals surface area contributed by atoms with E-state index in [1.54, 1.807) is 37.3 Å². The number of halogens is 3. The minimum atomic E-state index is -4.49. The van der Waals surface area contributed by atoms with Crippen LogP contribution in [0.25, 0.3) is 0 Å². The van der Waals surface area contributed by atoms with E-state index in [2.05, 4.69) is 0 Å². The van der Waals surface area contributed by atoms with Crippen LogP contribution in [0, 0.1) is 6.92 Å². The second kappa shape index (κ2) is 7.38. The summed E-state index contributed by atoms with van der Waals surface area (Å²) in [6, 6.07) is 12.4. The number of anilines is 1. The highest BCUT2D eigenvalue weighted by Crippen LogP contribution is 2.26. The highest BCUT2D eigenvalue weighted by molar-refractivity contribution is 6.06. The first-order valence-corrected chi connectivity index (χ1v) is 7.49. The summed E-state index contributed by atoms with van der Waals surface area (Å²) in [4.78, 5) is 13.4. The standard InChI is InChI=1S/C18H18F3NO2/c1-3-24-16-10-9-14(11-13(16)2)17(23)22(12-18(19,20)21)15-7-5-4-6-8-15/h4-11H,3,12H2,1-2H3. The molecule has 3 nitrogen and oxygen atoms in total. The van der Waals surface area contributed by atoms with Crippen LogP contribution in [0.1, 0.15) is 22.8 Å². The average molecular weight is 337 g/mol. The Morgan fingerprint density at radius 3 is 2.33 bits per heavy atom. The van der Waals surface area contributed by atoms with Crippen LogP contribution in [0.4, 0.5) is 18.9 Å². The van der Waals surface area contributed by atoms with Crippen LogP contribution in [-0.2, 0) is 0 Å². The number of carbonyl (C=O) groups is 1. The fourth-order valence-electron chi connectivity index (χ4n) is 2.32. The van der Waals surface area contributed by atoms with Gasteiger partial charge in [-0.05, 0) is 49.7 Å². The zero-order valence-corrected chi connectivity index (χ0v) is 13.4. The van der Waals surface area contributed by atoms with E-state index in [0.29, 0.717) is 17.9 Å². The summed E-state index contributed by atoms with van der Waals surface area (Å²) in [5, 5.41) is 0. The lowest BCUT2D eigenvalue weighted by molar-refractivity contribution is -0.118. The van der Waals surface area contributed by atoms with Gasteiger partial charge in [-0.25, -0.2) is 0 Å². The van der Waals surface area contributed by atoms with Crippen molar-refractivity contribution in [3.63, 3.8) is 0 Å². The van der Waals surface area contributed by atoms with Gasteiger partial charge < -0.3 is 4.74 Å². The Kier molecular flexibility index (Phi) is 5.49. The Morgan fingerprint density at radius 2 is 1.79 bits per heavy atom. The summed E-state index contributed by atoms with van der Waals surface area (Å²) >= 11 is 0. The fraction of sp³-hybridized carbons (Fsp3) is 0.278. The summed E-state index contributed by atoms with van der Waals surface area (Å²) < 4.78 is 44.1. The average Bonchev–Trinajstić information content (AvgIpc) is 2.54. The van der Waals surface area contributed by atoms with Crippen LogP contribution in [0.5, 0.6) is 5.75 Å². The number of hydrogen-bond acceptors (Lipinski definition) is 2. The maximum absolute atomic E-state index is 12.9. The lowest BCUT2D eigenvalue weighted by Gasteiger charge is -2.24. The zero-order valence-electron chi connectivity index (χ0n) is 13.4. The maximum Gasteiger partial charge on any atom is 0.406 e. The Morgan fingerprint density at radius 1 is 1.12 bits per heavy atom. The number of hydrogen-bond donors (Lipinski definition) is 0. The van der Waals surface area contributed by atoms with Crippen molar-refractivity contribution >= 4 is 11.6 Å². The van der Waals surface area contributed by atoms with Crippen LogP contribution in [0.2, 0.25) is 0 Å². The SMILES string of the molecule is CCOc1ccc(C(=O)N(CC(F)(F)F)c2ccccc2)cc1C. The molecule has 0 radical (unpaired) electrons. The van der Waals surface area contributed by atoms with Crippen LogP contribution < -0.4 is 9.64 Å². The molecule has 6 heteroatoms. The third-order valence-electron chi connectivity index (χ3n) is 3.37. The van der Waals surface area contributed by atoms with Crippen molar-refractivity contribution in [2.75, 3.05) is 18.1 Å². The topological polar surface area (TPSA) is 29.5 Å². The van der Waals surface area contributed by atoms with Crippen molar-refractivity contribution in [3.8, 4) is 5.75 Å². The molecule has 0 saturated heterocycles. The molecule has 2 aromatic carbocycles. The van der Waals surface area contributed by atoms with Gasteiger partial charge in [0, 0.05) is 11.3 Å². The van der Waals surface area contributed by atoms with E-state index in [0.717, 1.165) is 4.90 Å². The van der Waals surface area contributed by atoms with Crippen LogP contribution >= 0.6 is 0 Å². The van der Waals surface area contributed by atoms with Crippen LogP contribution in [0.15, 0.2) is 48.5 Å². The van der Waals surface area contributed by atoms with Gasteiger partial charge >= 0.3 is 6.18 Å². The molecule has 0 aliphatic carbocycles. The molecular weight excluding hydrogens is 319 g/mol. The predicted molar refractivity (Wildman–Crippen MR) is 86.5 cm³/mol. The first kappa shape index (κ1) is 17.8. The Hall–Kier alpha value is -2.50. The molecule has 2 rings (SSSR count). The quantitative estimate of drug-likeness (QED) is 0.798. The fourth-order valence-corrected chi connectivity index (χ4v) is 2.32. The Labute approximate surface area is 138 Å². The molecule has 0 heterocycles. The van der Waals surface area contributed by atoms with Crippen molar-refractivity contribution in [1.82, 2.24) is 0 Å². The van der Waals surface area contributed by atoms with Gasteiger partial charge in [0.25, 0.3) is 5.91 Å². The van der Waals surface area contributed by atoms with E-state index in [1.807, 2.05) is 6.92 Å². The number of carbonyl (C=O) groups excluding carboxylic acids is 1. The van der Waals surface area contributed by atoms with Gasteiger partial charge in [0.1, 0.15) is 12.3 Å². The van der Waals surface area contributed by atoms with E-state index < -0.39 is 18.6 Å². The molecule has 0 atom stereocenters. The summed E-state index contributed by atoms with van der Waals surface area (Å²) in [6.07, 6.45) is -4.49. The minimum Gasteiger partial charge on any atom is -0.494 e. The second-order valence-electron chi connectivity index (χ2n) is 5.26. The zero-order chi connectivity index (χ0) is 17.7. The number of aryl methyl sites for hydroxylation is 1. The molecule has 0 aliphatic heterocycles. The molecule has 1 amide bonds. The number of nitrogens with zero attached hydrogens (tertiary/aromatic N) is 1. The van der Waals surface area contributed by atoms with Crippen LogP contribution in [0.3, 0.4) is 0 Å². The highest BCUT2D eigenvalue weighted by atomic mass is 19.4. The molecule has 0 bridgehead atoms. The number of alkyl halides is 3. The second-order valence-corrected chi connectivity index (χ2v) is 5.26. The summed E-state index contributed by atoms with van der Waals surface area (Å²) in [5.74, 6) is -0.0965. The smallest absolute Gasteiger partial charge is 0.406 e. The molecule has 0 N–H and O–H groups in total. The van der Waals surface area contributed by atoms with E-state index in [1.165, 1.54) is 18.2 Å². The third-order valence-corrected chi connectivity index (χ3v) is 3.37. The highest BCUT2D eigenvalue weighted by Gasteiger charge is 2.34. The normalized spacial score (nSPS) is 11.2. The van der Waals surface area contributed by atoms with E-state index in [-0.39, 0.29) is 11.3 Å². The minimum absolute atomic E-state index is 0.184. The molecule has 0 spiro atoms. The van der Waals surface area contributed by atoms with Gasteiger partial charge in [0.05, 0.1) is 6.61 Å². The van der Waals surface area contributed by atoms with Crippen molar-refractivity contribution in [1.29, 1.82) is 0 Å². The number of amides is 1. The molecule has 128 valence electrons. The van der Waals surface area contributed by atoms with Gasteiger partial charge in [-0.2, -0.15) is 13.2 Å². The Balaban J connectivity index is 2.36. The van der Waals surface area contributed by atoms with Gasteiger partial charge in [0.15, 0.2) is 0 Å². The molecule has 24 heavy (non-hydrogen) atoms. The molecule has 0 fully saturated rings. The van der Waals surface area contributed by atoms with E-state index in [9.17, 15) is 18.0 Å². The first-order chi connectivity index (χ1) is 11.3. The lowest BCUT2D eigenvalue weighted by Crippen LogP contribution is -2.39. The number of ether oxygens (including phenoxy) is 1. The van der Waals surface area contributed by atoms with Crippen molar-refractivity contribution < 1.29 is 22.7 Å². The number of rotatable bonds is 5. The van der Waals surface area contributed by atoms with E-state index >= 15 is 0 Å². The van der Waals surface area contributed by atoms with Gasteiger partial charge in [-0.3, -0.25) is 9.69 Å².